The van der Waals surface area contributed by atoms with Gasteiger partial charge >= 0.3 is 0 Å². The first-order valence-corrected chi connectivity index (χ1v) is 6.31. The molecule has 1 aromatic carbocycles. The molecule has 0 aliphatic rings. The first-order valence-electron chi connectivity index (χ1n) is 6.31. The number of hydroxylamine groups is 2. The van der Waals surface area contributed by atoms with Gasteiger partial charge in [0.15, 0.2) is 5.82 Å². The van der Waals surface area contributed by atoms with E-state index in [9.17, 15) is 0 Å². The molecule has 0 spiro atoms. The lowest BCUT2D eigenvalue weighted by Crippen LogP contribution is -2.22. The van der Waals surface area contributed by atoms with Crippen LogP contribution in [0.15, 0.2) is 30.3 Å². The highest BCUT2D eigenvalue weighted by molar-refractivity contribution is 5.13. The van der Waals surface area contributed by atoms with Crippen molar-refractivity contribution in [1.82, 2.24) is 25.3 Å². The van der Waals surface area contributed by atoms with E-state index in [1.165, 1.54) is 0 Å². The summed E-state index contributed by atoms with van der Waals surface area (Å²) in [5.74, 6) is 0.797. The Morgan fingerprint density at radius 2 is 2.00 bits per heavy atom. The van der Waals surface area contributed by atoms with E-state index in [1.54, 1.807) is 9.75 Å². The molecule has 0 atom stereocenters. The number of hydrogen-bond donors (Lipinski definition) is 0. The van der Waals surface area contributed by atoms with Gasteiger partial charge in [-0.15, -0.1) is 5.10 Å². The molecule has 0 unspecified atom stereocenters. The Bertz CT molecular complexity index is 497. The van der Waals surface area contributed by atoms with Gasteiger partial charge in [0.25, 0.3) is 0 Å². The van der Waals surface area contributed by atoms with Crippen LogP contribution in [0.3, 0.4) is 0 Å². The molecule has 0 amide bonds. The molecule has 0 saturated heterocycles. The topological polar surface area (TPSA) is 56.1 Å². The van der Waals surface area contributed by atoms with Crippen molar-refractivity contribution in [1.29, 1.82) is 0 Å². The number of aromatic nitrogens is 4. The minimum absolute atomic E-state index is 0.243. The van der Waals surface area contributed by atoms with Crippen LogP contribution in [0.5, 0.6) is 0 Å². The fourth-order valence-electron chi connectivity index (χ4n) is 1.72. The predicted molar refractivity (Wildman–Crippen MR) is 70.9 cm³/mol. The van der Waals surface area contributed by atoms with Crippen molar-refractivity contribution in [2.75, 3.05) is 7.05 Å². The average molecular weight is 261 g/mol. The van der Waals surface area contributed by atoms with Gasteiger partial charge in [-0.25, -0.2) is 4.68 Å². The van der Waals surface area contributed by atoms with Gasteiger partial charge in [0.05, 0.1) is 19.2 Å². The maximum Gasteiger partial charge on any atom is 0.167 e. The maximum atomic E-state index is 5.66. The van der Waals surface area contributed by atoms with Gasteiger partial charge in [0.2, 0.25) is 0 Å². The molecule has 2 rings (SSSR count). The molecule has 0 bridgehead atoms. The maximum absolute atomic E-state index is 5.66. The Hall–Kier alpha value is -1.79. The largest absolute Gasteiger partial charge is 0.294 e. The Morgan fingerprint density at radius 3 is 2.68 bits per heavy atom. The zero-order valence-corrected chi connectivity index (χ0v) is 11.5. The van der Waals surface area contributed by atoms with E-state index in [2.05, 4.69) is 15.5 Å². The number of nitrogens with zero attached hydrogens (tertiary/aromatic N) is 5. The van der Waals surface area contributed by atoms with Crippen LogP contribution in [0.25, 0.3) is 0 Å². The molecule has 0 N–H and O–H groups in total. The average Bonchev–Trinajstić information content (AvgIpc) is 2.86. The standard InChI is InChI=1S/C13H19N5O/c1-11(2)18-13(14-15-16-18)9-17(3)19-10-12-7-5-4-6-8-12/h4-8,11H,9-10H2,1-3H3. The Labute approximate surface area is 112 Å². The Kier molecular flexibility index (Phi) is 4.59. The van der Waals surface area contributed by atoms with E-state index < -0.39 is 0 Å². The van der Waals surface area contributed by atoms with Crippen molar-refractivity contribution < 1.29 is 4.84 Å². The molecule has 0 radical (unpaired) electrons. The molecule has 1 heterocycles. The summed E-state index contributed by atoms with van der Waals surface area (Å²) in [7, 11) is 1.88. The summed E-state index contributed by atoms with van der Waals surface area (Å²) >= 11 is 0. The molecule has 19 heavy (non-hydrogen) atoms. The summed E-state index contributed by atoms with van der Waals surface area (Å²) in [5, 5.41) is 13.4. The minimum atomic E-state index is 0.243. The van der Waals surface area contributed by atoms with Crippen LogP contribution in [0.2, 0.25) is 0 Å². The molecule has 0 aliphatic heterocycles. The molecular formula is C13H19N5O. The molecule has 6 heteroatoms. The number of hydrogen-bond acceptors (Lipinski definition) is 5. The quantitative estimate of drug-likeness (QED) is 0.742. The lowest BCUT2D eigenvalue weighted by atomic mass is 10.2. The van der Waals surface area contributed by atoms with E-state index in [0.29, 0.717) is 13.2 Å². The van der Waals surface area contributed by atoms with Gasteiger partial charge in [-0.05, 0) is 29.8 Å². The van der Waals surface area contributed by atoms with E-state index >= 15 is 0 Å². The van der Waals surface area contributed by atoms with E-state index in [-0.39, 0.29) is 6.04 Å². The van der Waals surface area contributed by atoms with Crippen molar-refractivity contribution in [3.05, 3.63) is 41.7 Å². The zero-order chi connectivity index (χ0) is 13.7. The Balaban J connectivity index is 1.87. The highest BCUT2D eigenvalue weighted by Gasteiger charge is 2.11. The van der Waals surface area contributed by atoms with Crippen molar-refractivity contribution in [3.8, 4) is 0 Å². The summed E-state index contributed by atoms with van der Waals surface area (Å²) in [4.78, 5) is 5.66. The second kappa shape index (κ2) is 6.40. The first kappa shape index (κ1) is 13.6. The lowest BCUT2D eigenvalue weighted by molar-refractivity contribution is -0.159. The van der Waals surface area contributed by atoms with Gasteiger partial charge in [-0.1, -0.05) is 30.3 Å². The van der Waals surface area contributed by atoms with Gasteiger partial charge in [-0.2, -0.15) is 5.06 Å². The minimum Gasteiger partial charge on any atom is -0.294 e. The van der Waals surface area contributed by atoms with Crippen LogP contribution in [0.1, 0.15) is 31.3 Å². The van der Waals surface area contributed by atoms with Crippen molar-refractivity contribution in [2.45, 2.75) is 33.0 Å². The highest BCUT2D eigenvalue weighted by Crippen LogP contribution is 2.08. The number of rotatable bonds is 6. The summed E-state index contributed by atoms with van der Waals surface area (Å²) in [6.07, 6.45) is 0. The fourth-order valence-corrected chi connectivity index (χ4v) is 1.72. The molecule has 1 aromatic heterocycles. The molecule has 0 saturated carbocycles. The fraction of sp³-hybridized carbons (Fsp3) is 0.462. The molecule has 102 valence electrons. The summed E-state index contributed by atoms with van der Waals surface area (Å²) in [6, 6.07) is 10.3. The van der Waals surface area contributed by atoms with E-state index in [4.69, 9.17) is 4.84 Å². The monoisotopic (exact) mass is 261 g/mol. The van der Waals surface area contributed by atoms with Crippen LogP contribution in [-0.2, 0) is 18.0 Å². The SMILES string of the molecule is CC(C)n1nnnc1CN(C)OCc1ccccc1. The second-order valence-corrected chi connectivity index (χ2v) is 4.68. The predicted octanol–water partition coefficient (Wildman–Crippen LogP) is 1.82. The third kappa shape index (κ3) is 3.84. The van der Waals surface area contributed by atoms with Crippen LogP contribution >= 0.6 is 0 Å². The molecule has 2 aromatic rings. The summed E-state index contributed by atoms with van der Waals surface area (Å²) < 4.78 is 1.79. The molecular weight excluding hydrogens is 242 g/mol. The highest BCUT2D eigenvalue weighted by atomic mass is 16.7. The van der Waals surface area contributed by atoms with Crippen LogP contribution in [0, 0.1) is 0 Å². The molecule has 0 aliphatic carbocycles. The molecule has 0 fully saturated rings. The van der Waals surface area contributed by atoms with E-state index in [1.807, 2.05) is 51.2 Å². The van der Waals surface area contributed by atoms with Gasteiger partial charge < -0.3 is 0 Å². The van der Waals surface area contributed by atoms with Gasteiger partial charge in [-0.3, -0.25) is 4.84 Å². The van der Waals surface area contributed by atoms with Crippen molar-refractivity contribution in [3.63, 3.8) is 0 Å². The first-order chi connectivity index (χ1) is 9.16. The molecule has 6 nitrogen and oxygen atoms in total. The summed E-state index contributed by atoms with van der Waals surface area (Å²) in [6.45, 7) is 5.19. The smallest absolute Gasteiger partial charge is 0.167 e. The third-order valence-electron chi connectivity index (χ3n) is 2.71. The summed E-state index contributed by atoms with van der Waals surface area (Å²) in [5.41, 5.74) is 1.14. The van der Waals surface area contributed by atoms with Crippen molar-refractivity contribution >= 4 is 0 Å². The number of tetrazole rings is 1. The van der Waals surface area contributed by atoms with Gasteiger partial charge in [0.1, 0.15) is 0 Å². The number of benzene rings is 1. The third-order valence-corrected chi connectivity index (χ3v) is 2.71. The lowest BCUT2D eigenvalue weighted by Gasteiger charge is -2.17. The van der Waals surface area contributed by atoms with E-state index in [0.717, 1.165) is 11.4 Å². The normalized spacial score (nSPS) is 11.4. The van der Waals surface area contributed by atoms with Crippen molar-refractivity contribution in [2.24, 2.45) is 0 Å². The van der Waals surface area contributed by atoms with Gasteiger partial charge in [0, 0.05) is 7.05 Å². The van der Waals surface area contributed by atoms with Crippen LogP contribution in [-0.4, -0.2) is 32.3 Å². The van der Waals surface area contributed by atoms with Crippen LogP contribution < -0.4 is 0 Å². The second-order valence-electron chi connectivity index (χ2n) is 4.68. The Morgan fingerprint density at radius 1 is 1.26 bits per heavy atom. The van der Waals surface area contributed by atoms with Crippen LogP contribution in [0.4, 0.5) is 0 Å². The zero-order valence-electron chi connectivity index (χ0n) is 11.5.